The molecule has 3 N–H and O–H groups in total. The molecule has 0 amide bonds. The van der Waals surface area contributed by atoms with Crippen molar-refractivity contribution < 1.29 is 0 Å². The zero-order valence-corrected chi connectivity index (χ0v) is 11.7. The predicted molar refractivity (Wildman–Crippen MR) is 81.4 cm³/mol. The second-order valence-corrected chi connectivity index (χ2v) is 5.08. The van der Waals surface area contributed by atoms with Crippen molar-refractivity contribution in [3.63, 3.8) is 0 Å². The van der Waals surface area contributed by atoms with E-state index >= 15 is 0 Å². The van der Waals surface area contributed by atoms with Crippen LogP contribution < -0.4 is 11.1 Å². The third kappa shape index (κ3) is 4.56. The molecule has 0 aromatic heterocycles. The van der Waals surface area contributed by atoms with E-state index in [0.29, 0.717) is 12.0 Å². The highest BCUT2D eigenvalue weighted by atomic mass is 15.2. The van der Waals surface area contributed by atoms with E-state index in [1.807, 2.05) is 30.3 Å². The molecule has 1 aliphatic rings. The predicted octanol–water partition coefficient (Wildman–Crippen LogP) is 2.29. The number of nitrogens with zero attached hydrogens (tertiary/aromatic N) is 2. The summed E-state index contributed by atoms with van der Waals surface area (Å²) in [5.41, 5.74) is 6.95. The first-order chi connectivity index (χ1) is 9.28. The van der Waals surface area contributed by atoms with E-state index in [2.05, 4.69) is 22.1 Å². The number of nitrogens with two attached hydrogens (primary N) is 1. The van der Waals surface area contributed by atoms with Gasteiger partial charge in [0.25, 0.3) is 0 Å². The molecule has 0 aliphatic carbocycles. The third-order valence-corrected chi connectivity index (χ3v) is 3.46. The van der Waals surface area contributed by atoms with Crippen molar-refractivity contribution in [2.75, 3.05) is 25.0 Å². The van der Waals surface area contributed by atoms with Crippen LogP contribution in [0.4, 0.5) is 5.69 Å². The maximum absolute atomic E-state index is 5.96. The van der Waals surface area contributed by atoms with Gasteiger partial charge in [-0.1, -0.05) is 25.1 Å². The molecule has 1 aromatic rings. The molecule has 4 heteroatoms. The zero-order chi connectivity index (χ0) is 13.5. The Kier molecular flexibility index (Phi) is 5.21. The van der Waals surface area contributed by atoms with Crippen molar-refractivity contribution in [2.45, 2.75) is 32.2 Å². The minimum atomic E-state index is 0.365. The Bertz CT molecular complexity index is 394. The van der Waals surface area contributed by atoms with E-state index < -0.39 is 0 Å². The monoisotopic (exact) mass is 260 g/mol. The molecule has 2 rings (SSSR count). The van der Waals surface area contributed by atoms with Gasteiger partial charge in [-0.3, -0.25) is 0 Å². The van der Waals surface area contributed by atoms with Crippen LogP contribution in [0.25, 0.3) is 0 Å². The molecular weight excluding hydrogens is 236 g/mol. The van der Waals surface area contributed by atoms with Crippen LogP contribution in [0.15, 0.2) is 35.3 Å². The van der Waals surface area contributed by atoms with Crippen molar-refractivity contribution >= 4 is 11.6 Å². The highest BCUT2D eigenvalue weighted by molar-refractivity contribution is 5.92. The van der Waals surface area contributed by atoms with Crippen LogP contribution in [0, 0.1) is 0 Å². The van der Waals surface area contributed by atoms with Gasteiger partial charge in [0.15, 0.2) is 5.96 Å². The van der Waals surface area contributed by atoms with Gasteiger partial charge < -0.3 is 16.0 Å². The summed E-state index contributed by atoms with van der Waals surface area (Å²) in [7, 11) is 0. The van der Waals surface area contributed by atoms with Gasteiger partial charge in [0.2, 0.25) is 0 Å². The average molecular weight is 260 g/mol. The van der Waals surface area contributed by atoms with Crippen LogP contribution >= 0.6 is 0 Å². The number of hydrogen-bond acceptors (Lipinski definition) is 2. The minimum absolute atomic E-state index is 0.365. The van der Waals surface area contributed by atoms with Gasteiger partial charge in [0.05, 0.1) is 6.04 Å². The van der Waals surface area contributed by atoms with E-state index in [1.165, 1.54) is 13.0 Å². The maximum atomic E-state index is 5.96. The summed E-state index contributed by atoms with van der Waals surface area (Å²) < 4.78 is 0. The summed E-state index contributed by atoms with van der Waals surface area (Å²) in [6.45, 7) is 5.71. The standard InChI is InChI=1S/C15H24N4/c1-2-10-19-11-8-14(9-12-19)18-15(16)17-13-6-4-3-5-7-13/h3-7,14H,2,8-12H2,1H3,(H3,16,17,18). The summed E-state index contributed by atoms with van der Waals surface area (Å²) in [6.07, 6.45) is 3.44. The third-order valence-electron chi connectivity index (χ3n) is 3.46. The number of guanidine groups is 1. The molecule has 0 radical (unpaired) electrons. The first kappa shape index (κ1) is 13.9. The SMILES string of the molecule is CCCN1CCC(N=C(N)Nc2ccccc2)CC1. The summed E-state index contributed by atoms with van der Waals surface area (Å²) >= 11 is 0. The molecule has 0 saturated carbocycles. The molecule has 1 saturated heterocycles. The van der Waals surface area contributed by atoms with Crippen molar-refractivity contribution in [3.05, 3.63) is 30.3 Å². The molecule has 4 nitrogen and oxygen atoms in total. The number of hydrogen-bond donors (Lipinski definition) is 2. The highest BCUT2D eigenvalue weighted by Crippen LogP contribution is 2.14. The molecule has 1 aromatic carbocycles. The van der Waals surface area contributed by atoms with Gasteiger partial charge >= 0.3 is 0 Å². The van der Waals surface area contributed by atoms with Crippen LogP contribution in [0.2, 0.25) is 0 Å². The highest BCUT2D eigenvalue weighted by Gasteiger charge is 2.17. The minimum Gasteiger partial charge on any atom is -0.370 e. The zero-order valence-electron chi connectivity index (χ0n) is 11.7. The van der Waals surface area contributed by atoms with Crippen LogP contribution in [-0.4, -0.2) is 36.5 Å². The summed E-state index contributed by atoms with van der Waals surface area (Å²) in [5.74, 6) is 0.528. The summed E-state index contributed by atoms with van der Waals surface area (Å²) in [4.78, 5) is 7.09. The Hall–Kier alpha value is -1.55. The lowest BCUT2D eigenvalue weighted by molar-refractivity contribution is 0.214. The molecule has 0 spiro atoms. The van der Waals surface area contributed by atoms with E-state index in [-0.39, 0.29) is 0 Å². The molecule has 1 fully saturated rings. The lowest BCUT2D eigenvalue weighted by Gasteiger charge is -2.29. The van der Waals surface area contributed by atoms with E-state index in [4.69, 9.17) is 5.73 Å². The fraction of sp³-hybridized carbons (Fsp3) is 0.533. The molecule has 0 atom stereocenters. The summed E-state index contributed by atoms with van der Waals surface area (Å²) in [6, 6.07) is 10.3. The normalized spacial score (nSPS) is 18.5. The average Bonchev–Trinajstić information content (AvgIpc) is 2.42. The van der Waals surface area contributed by atoms with Crippen molar-refractivity contribution in [2.24, 2.45) is 10.7 Å². The van der Waals surface area contributed by atoms with E-state index in [0.717, 1.165) is 31.6 Å². The van der Waals surface area contributed by atoms with Crippen molar-refractivity contribution in [1.82, 2.24) is 4.90 Å². The Labute approximate surface area is 115 Å². The number of likely N-dealkylation sites (tertiary alicyclic amines) is 1. The van der Waals surface area contributed by atoms with Gasteiger partial charge in [-0.05, 0) is 37.9 Å². The number of para-hydroxylation sites is 1. The van der Waals surface area contributed by atoms with Gasteiger partial charge in [0, 0.05) is 18.8 Å². The number of anilines is 1. The molecule has 1 heterocycles. The first-order valence-electron chi connectivity index (χ1n) is 7.15. The molecule has 19 heavy (non-hydrogen) atoms. The Balaban J connectivity index is 1.82. The van der Waals surface area contributed by atoms with Gasteiger partial charge in [-0.15, -0.1) is 0 Å². The van der Waals surface area contributed by atoms with Gasteiger partial charge in [-0.25, -0.2) is 4.99 Å². The fourth-order valence-electron chi connectivity index (χ4n) is 2.49. The lowest BCUT2D eigenvalue weighted by atomic mass is 10.1. The number of nitrogens with one attached hydrogen (secondary N) is 1. The first-order valence-corrected chi connectivity index (χ1v) is 7.15. The smallest absolute Gasteiger partial charge is 0.193 e. The quantitative estimate of drug-likeness (QED) is 0.645. The molecule has 0 unspecified atom stereocenters. The number of rotatable bonds is 4. The molecule has 104 valence electrons. The molecular formula is C15H24N4. The topological polar surface area (TPSA) is 53.6 Å². The van der Waals surface area contributed by atoms with Gasteiger partial charge in [0.1, 0.15) is 0 Å². The van der Waals surface area contributed by atoms with Crippen molar-refractivity contribution in [3.8, 4) is 0 Å². The second-order valence-electron chi connectivity index (χ2n) is 5.08. The largest absolute Gasteiger partial charge is 0.370 e. The van der Waals surface area contributed by atoms with Crippen molar-refractivity contribution in [1.29, 1.82) is 0 Å². The lowest BCUT2D eigenvalue weighted by Crippen LogP contribution is -2.37. The molecule has 1 aliphatic heterocycles. The molecule has 0 bridgehead atoms. The van der Waals surface area contributed by atoms with Crippen LogP contribution in [0.1, 0.15) is 26.2 Å². The van der Waals surface area contributed by atoms with Crippen LogP contribution in [0.3, 0.4) is 0 Å². The van der Waals surface area contributed by atoms with Gasteiger partial charge in [-0.2, -0.15) is 0 Å². The maximum Gasteiger partial charge on any atom is 0.193 e. The van der Waals surface area contributed by atoms with Crippen LogP contribution in [-0.2, 0) is 0 Å². The second kappa shape index (κ2) is 7.14. The Morgan fingerprint density at radius 1 is 1.32 bits per heavy atom. The summed E-state index contributed by atoms with van der Waals surface area (Å²) in [5, 5.41) is 3.14. The Morgan fingerprint density at radius 2 is 2.00 bits per heavy atom. The number of aliphatic imine (C=N–C) groups is 1. The number of benzene rings is 1. The fourth-order valence-corrected chi connectivity index (χ4v) is 2.49. The van der Waals surface area contributed by atoms with Crippen LogP contribution in [0.5, 0.6) is 0 Å². The van der Waals surface area contributed by atoms with E-state index in [1.54, 1.807) is 0 Å². The van der Waals surface area contributed by atoms with E-state index in [9.17, 15) is 0 Å². The Morgan fingerprint density at radius 3 is 2.63 bits per heavy atom. The number of piperidine rings is 1.